The van der Waals surface area contributed by atoms with Gasteiger partial charge in [0.25, 0.3) is 5.91 Å². The van der Waals surface area contributed by atoms with E-state index in [-0.39, 0.29) is 5.91 Å². The third-order valence-corrected chi connectivity index (χ3v) is 5.37. The van der Waals surface area contributed by atoms with Gasteiger partial charge in [0, 0.05) is 36.0 Å². The lowest BCUT2D eigenvalue weighted by molar-refractivity contribution is -0.113. The molecule has 0 aliphatic carbocycles. The van der Waals surface area contributed by atoms with Crippen molar-refractivity contribution in [2.24, 2.45) is 0 Å². The number of carbonyl (C=O) groups is 1. The molecule has 0 saturated heterocycles. The first-order valence-electron chi connectivity index (χ1n) is 10.3. The quantitative estimate of drug-likeness (QED) is 0.489. The molecule has 3 aromatic heterocycles. The zero-order valence-corrected chi connectivity index (χ0v) is 18.1. The van der Waals surface area contributed by atoms with Gasteiger partial charge in [0.2, 0.25) is 5.95 Å². The monoisotopic (exact) mass is 439 g/mol. The minimum Gasteiger partial charge on any atom is -0.495 e. The molecule has 1 aliphatic heterocycles. The Morgan fingerprint density at radius 2 is 1.85 bits per heavy atom. The Bertz CT molecular complexity index is 1330. The average Bonchev–Trinajstić information content (AvgIpc) is 3.28. The van der Waals surface area contributed by atoms with Crippen molar-refractivity contribution in [3.8, 4) is 17.1 Å². The van der Waals surface area contributed by atoms with Gasteiger partial charge in [0.15, 0.2) is 5.82 Å². The minimum absolute atomic E-state index is 0.276. The van der Waals surface area contributed by atoms with E-state index < -0.39 is 6.04 Å². The molecule has 5 rings (SSSR count). The van der Waals surface area contributed by atoms with E-state index in [0.29, 0.717) is 34.5 Å². The average molecular weight is 439 g/mol. The fourth-order valence-corrected chi connectivity index (χ4v) is 3.85. The fraction of sp³-hybridized carbons (Fsp3) is 0.125. The van der Waals surface area contributed by atoms with Gasteiger partial charge in [-0.25, -0.2) is 4.68 Å². The zero-order chi connectivity index (χ0) is 22.8. The SMILES string of the molecule is COc1ccccc1NC(=O)C1=C(C)Nc2nc(-c3cccnc3)nn2[C@@H]1c1cccnc1. The zero-order valence-electron chi connectivity index (χ0n) is 18.1. The van der Waals surface area contributed by atoms with E-state index in [1.165, 1.54) is 0 Å². The van der Waals surface area contributed by atoms with E-state index in [4.69, 9.17) is 9.84 Å². The number of carbonyl (C=O) groups excluding carboxylic acids is 1. The largest absolute Gasteiger partial charge is 0.495 e. The summed E-state index contributed by atoms with van der Waals surface area (Å²) in [7, 11) is 1.57. The number of hydrogen-bond acceptors (Lipinski definition) is 7. The van der Waals surface area contributed by atoms with Gasteiger partial charge >= 0.3 is 0 Å². The molecule has 1 aromatic carbocycles. The molecule has 0 fully saturated rings. The minimum atomic E-state index is -0.525. The first-order valence-corrected chi connectivity index (χ1v) is 10.3. The van der Waals surface area contributed by atoms with Crippen LogP contribution in [-0.4, -0.2) is 37.7 Å². The predicted octanol–water partition coefficient (Wildman–Crippen LogP) is 3.67. The molecular weight excluding hydrogens is 418 g/mol. The number of amides is 1. The third kappa shape index (κ3) is 3.80. The number of benzene rings is 1. The molecule has 164 valence electrons. The van der Waals surface area contributed by atoms with Gasteiger partial charge in [-0.1, -0.05) is 18.2 Å². The predicted molar refractivity (Wildman–Crippen MR) is 124 cm³/mol. The number of rotatable bonds is 5. The Hall–Kier alpha value is -4.53. The number of allylic oxidation sites excluding steroid dienone is 1. The topological polar surface area (TPSA) is 107 Å². The van der Waals surface area contributed by atoms with Gasteiger partial charge in [0.1, 0.15) is 11.8 Å². The molecule has 4 heterocycles. The molecule has 0 spiro atoms. The molecule has 0 bridgehead atoms. The van der Waals surface area contributed by atoms with Crippen molar-refractivity contribution in [3.63, 3.8) is 0 Å². The van der Waals surface area contributed by atoms with Crippen LogP contribution in [0, 0.1) is 0 Å². The molecule has 9 heteroatoms. The number of nitrogens with zero attached hydrogens (tertiary/aromatic N) is 5. The Morgan fingerprint density at radius 1 is 1.06 bits per heavy atom. The molecular formula is C24H21N7O2. The van der Waals surface area contributed by atoms with Crippen molar-refractivity contribution in [3.05, 3.63) is 90.2 Å². The highest BCUT2D eigenvalue weighted by molar-refractivity contribution is 6.06. The first-order chi connectivity index (χ1) is 16.2. The maximum Gasteiger partial charge on any atom is 0.255 e. The molecule has 1 amide bonds. The highest BCUT2D eigenvalue weighted by Gasteiger charge is 2.34. The van der Waals surface area contributed by atoms with Crippen LogP contribution in [0.15, 0.2) is 84.6 Å². The number of para-hydroxylation sites is 2. The standard InChI is InChI=1S/C24H21N7O2/c1-15-20(23(32)28-18-9-3-4-10-19(18)33-2)21(16-7-5-11-25-13-16)31-24(27-15)29-22(30-31)17-8-6-12-26-14-17/h3-14,21H,1-2H3,(H,28,32)(H,27,29,30)/t21-/m1/s1. The molecule has 1 atom stereocenters. The van der Waals surface area contributed by atoms with Gasteiger partial charge in [-0.15, -0.1) is 5.10 Å². The summed E-state index contributed by atoms with van der Waals surface area (Å²) >= 11 is 0. The first kappa shape index (κ1) is 20.4. The summed E-state index contributed by atoms with van der Waals surface area (Å²) < 4.78 is 7.10. The van der Waals surface area contributed by atoms with Crippen molar-refractivity contribution in [2.45, 2.75) is 13.0 Å². The Morgan fingerprint density at radius 3 is 2.58 bits per heavy atom. The normalized spacial score (nSPS) is 14.9. The number of pyridine rings is 2. The van der Waals surface area contributed by atoms with Crippen LogP contribution in [0.2, 0.25) is 0 Å². The van der Waals surface area contributed by atoms with Crippen molar-refractivity contribution in [1.82, 2.24) is 24.7 Å². The summed E-state index contributed by atoms with van der Waals surface area (Å²) in [5, 5.41) is 10.9. The summed E-state index contributed by atoms with van der Waals surface area (Å²) in [5.74, 6) is 1.35. The second-order valence-corrected chi connectivity index (χ2v) is 7.45. The number of nitrogens with one attached hydrogen (secondary N) is 2. The van der Waals surface area contributed by atoms with Gasteiger partial charge in [-0.05, 0) is 42.8 Å². The maximum atomic E-state index is 13.6. The van der Waals surface area contributed by atoms with Gasteiger partial charge < -0.3 is 15.4 Å². The van der Waals surface area contributed by atoms with E-state index >= 15 is 0 Å². The summed E-state index contributed by atoms with van der Waals surface area (Å²) in [4.78, 5) is 26.6. The molecule has 9 nitrogen and oxygen atoms in total. The Kier molecular flexibility index (Phi) is 5.27. The summed E-state index contributed by atoms with van der Waals surface area (Å²) in [6.07, 6.45) is 6.83. The molecule has 0 radical (unpaired) electrons. The molecule has 4 aromatic rings. The van der Waals surface area contributed by atoms with Crippen LogP contribution < -0.4 is 15.4 Å². The van der Waals surface area contributed by atoms with Crippen molar-refractivity contribution in [2.75, 3.05) is 17.7 Å². The smallest absolute Gasteiger partial charge is 0.255 e. The van der Waals surface area contributed by atoms with Crippen molar-refractivity contribution in [1.29, 1.82) is 0 Å². The highest BCUT2D eigenvalue weighted by atomic mass is 16.5. The lowest BCUT2D eigenvalue weighted by atomic mass is 9.96. The van der Waals surface area contributed by atoms with Crippen LogP contribution in [0.25, 0.3) is 11.4 Å². The lowest BCUT2D eigenvalue weighted by Gasteiger charge is -2.28. The Labute approximate surface area is 190 Å². The molecule has 33 heavy (non-hydrogen) atoms. The number of ether oxygens (including phenoxy) is 1. The molecule has 2 N–H and O–H groups in total. The van der Waals surface area contributed by atoms with Crippen LogP contribution in [-0.2, 0) is 4.79 Å². The number of aromatic nitrogens is 5. The van der Waals surface area contributed by atoms with E-state index in [0.717, 1.165) is 11.1 Å². The molecule has 1 aliphatic rings. The Balaban J connectivity index is 1.59. The van der Waals surface area contributed by atoms with E-state index in [2.05, 4.69) is 25.6 Å². The van der Waals surface area contributed by atoms with Gasteiger partial charge in [0.05, 0.1) is 18.4 Å². The second kappa shape index (κ2) is 8.54. The number of anilines is 2. The summed E-state index contributed by atoms with van der Waals surface area (Å²) in [6.45, 7) is 1.85. The molecule has 0 saturated carbocycles. The van der Waals surface area contributed by atoms with E-state index in [9.17, 15) is 4.79 Å². The van der Waals surface area contributed by atoms with Crippen LogP contribution in [0.1, 0.15) is 18.5 Å². The number of methoxy groups -OCH3 is 1. The highest BCUT2D eigenvalue weighted by Crippen LogP contribution is 2.37. The van der Waals surface area contributed by atoms with Crippen molar-refractivity contribution >= 4 is 17.5 Å². The van der Waals surface area contributed by atoms with Crippen LogP contribution in [0.4, 0.5) is 11.6 Å². The van der Waals surface area contributed by atoms with Crippen LogP contribution >= 0.6 is 0 Å². The lowest BCUT2D eigenvalue weighted by Crippen LogP contribution is -2.31. The number of fused-ring (bicyclic) bond motifs is 1. The maximum absolute atomic E-state index is 13.6. The van der Waals surface area contributed by atoms with Gasteiger partial charge in [-0.2, -0.15) is 4.98 Å². The third-order valence-electron chi connectivity index (χ3n) is 5.37. The van der Waals surface area contributed by atoms with Crippen LogP contribution in [0.3, 0.4) is 0 Å². The second-order valence-electron chi connectivity index (χ2n) is 7.45. The molecule has 0 unspecified atom stereocenters. The van der Waals surface area contributed by atoms with Gasteiger partial charge in [-0.3, -0.25) is 14.8 Å². The van der Waals surface area contributed by atoms with Crippen molar-refractivity contribution < 1.29 is 9.53 Å². The number of hydrogen-bond donors (Lipinski definition) is 2. The van der Waals surface area contributed by atoms with E-state index in [1.807, 2.05) is 43.3 Å². The summed E-state index contributed by atoms with van der Waals surface area (Å²) in [6, 6.07) is 14.2. The summed E-state index contributed by atoms with van der Waals surface area (Å²) in [5.41, 5.74) is 3.35. The van der Waals surface area contributed by atoms with E-state index in [1.54, 1.807) is 48.7 Å². The fourth-order valence-electron chi connectivity index (χ4n) is 3.85. The van der Waals surface area contributed by atoms with Crippen LogP contribution in [0.5, 0.6) is 5.75 Å².